The Bertz CT molecular complexity index is 738. The molecule has 3 rings (SSSR count). The molecule has 0 aromatic heterocycles. The van der Waals surface area contributed by atoms with Crippen LogP contribution in [0.2, 0.25) is 0 Å². The maximum atomic E-state index is 12.2. The molecule has 1 unspecified atom stereocenters. The fourth-order valence-corrected chi connectivity index (χ4v) is 3.01. The fourth-order valence-electron chi connectivity index (χ4n) is 3.01. The third-order valence-electron chi connectivity index (χ3n) is 4.08. The van der Waals surface area contributed by atoms with E-state index in [1.807, 2.05) is 62.4 Å². The molecular formula is C19H20N2O2. The molecule has 0 aliphatic carbocycles. The molecule has 1 aliphatic rings. The van der Waals surface area contributed by atoms with Crippen molar-refractivity contribution in [3.05, 3.63) is 59.7 Å². The lowest BCUT2D eigenvalue weighted by Gasteiger charge is -2.14. The molecule has 1 atom stereocenters. The zero-order valence-electron chi connectivity index (χ0n) is 13.3. The second-order valence-electron chi connectivity index (χ2n) is 6.22. The van der Waals surface area contributed by atoms with E-state index < -0.39 is 0 Å². The first-order valence-electron chi connectivity index (χ1n) is 7.83. The van der Waals surface area contributed by atoms with E-state index in [1.165, 1.54) is 0 Å². The number of anilines is 2. The molecule has 1 heterocycles. The summed E-state index contributed by atoms with van der Waals surface area (Å²) < 4.78 is 0. The van der Waals surface area contributed by atoms with Crippen LogP contribution in [-0.4, -0.2) is 11.8 Å². The Kier molecular flexibility index (Phi) is 4.15. The summed E-state index contributed by atoms with van der Waals surface area (Å²) in [5.41, 5.74) is 3.51. The lowest BCUT2D eigenvalue weighted by atomic mass is 9.89. The van der Waals surface area contributed by atoms with Gasteiger partial charge in [-0.2, -0.15) is 0 Å². The van der Waals surface area contributed by atoms with Crippen LogP contribution < -0.4 is 10.6 Å². The van der Waals surface area contributed by atoms with Crippen LogP contribution in [-0.2, 0) is 16.0 Å². The molecule has 23 heavy (non-hydrogen) atoms. The number of amides is 2. The third-order valence-corrected chi connectivity index (χ3v) is 4.08. The Morgan fingerprint density at radius 3 is 2.61 bits per heavy atom. The topological polar surface area (TPSA) is 58.2 Å². The van der Waals surface area contributed by atoms with Crippen molar-refractivity contribution in [3.8, 4) is 0 Å². The summed E-state index contributed by atoms with van der Waals surface area (Å²) in [6.07, 6.45) is 0.336. The minimum absolute atomic E-state index is 0.0303. The van der Waals surface area contributed by atoms with Gasteiger partial charge < -0.3 is 10.6 Å². The molecule has 2 N–H and O–H groups in total. The van der Waals surface area contributed by atoms with Crippen LogP contribution in [0, 0.1) is 5.92 Å². The van der Waals surface area contributed by atoms with Gasteiger partial charge in [0.2, 0.25) is 11.8 Å². The van der Waals surface area contributed by atoms with Gasteiger partial charge in [0.1, 0.15) is 0 Å². The van der Waals surface area contributed by atoms with Gasteiger partial charge >= 0.3 is 0 Å². The van der Waals surface area contributed by atoms with Gasteiger partial charge in [-0.3, -0.25) is 9.59 Å². The Hall–Kier alpha value is -2.62. The van der Waals surface area contributed by atoms with Gasteiger partial charge in [-0.1, -0.05) is 44.2 Å². The van der Waals surface area contributed by atoms with Crippen molar-refractivity contribution < 1.29 is 9.59 Å². The fraction of sp³-hybridized carbons (Fsp3) is 0.263. The molecule has 118 valence electrons. The molecule has 2 aromatic carbocycles. The molecule has 0 radical (unpaired) electrons. The zero-order chi connectivity index (χ0) is 16.4. The summed E-state index contributed by atoms with van der Waals surface area (Å²) in [5, 5.41) is 5.81. The summed E-state index contributed by atoms with van der Waals surface area (Å²) in [7, 11) is 0. The second kappa shape index (κ2) is 6.24. The van der Waals surface area contributed by atoms with Crippen LogP contribution in [0.15, 0.2) is 48.5 Å². The SMILES string of the molecule is CC(C)C1C(=O)Nc2ccc(NC(=O)Cc3ccccc3)cc21. The van der Waals surface area contributed by atoms with Crippen molar-refractivity contribution in [3.63, 3.8) is 0 Å². The van der Waals surface area contributed by atoms with Gasteiger partial charge in [-0.25, -0.2) is 0 Å². The monoisotopic (exact) mass is 308 g/mol. The van der Waals surface area contributed by atoms with E-state index in [1.54, 1.807) is 0 Å². The van der Waals surface area contributed by atoms with Gasteiger partial charge in [0, 0.05) is 11.4 Å². The quantitative estimate of drug-likeness (QED) is 0.907. The minimum atomic E-state index is -0.157. The Balaban J connectivity index is 1.75. The van der Waals surface area contributed by atoms with Crippen LogP contribution >= 0.6 is 0 Å². The van der Waals surface area contributed by atoms with Crippen LogP contribution in [0.25, 0.3) is 0 Å². The first-order valence-corrected chi connectivity index (χ1v) is 7.83. The van der Waals surface area contributed by atoms with Crippen molar-refractivity contribution in [2.45, 2.75) is 26.2 Å². The number of hydrogen-bond acceptors (Lipinski definition) is 2. The van der Waals surface area contributed by atoms with E-state index in [2.05, 4.69) is 10.6 Å². The van der Waals surface area contributed by atoms with Gasteiger partial charge in [-0.15, -0.1) is 0 Å². The van der Waals surface area contributed by atoms with E-state index >= 15 is 0 Å². The molecule has 4 nitrogen and oxygen atoms in total. The smallest absolute Gasteiger partial charge is 0.232 e. The van der Waals surface area contributed by atoms with E-state index in [9.17, 15) is 9.59 Å². The second-order valence-corrected chi connectivity index (χ2v) is 6.22. The predicted octanol–water partition coefficient (Wildman–Crippen LogP) is 3.56. The number of nitrogens with one attached hydrogen (secondary N) is 2. The van der Waals surface area contributed by atoms with Gasteiger partial charge in [-0.05, 0) is 35.2 Å². The number of carbonyl (C=O) groups excluding carboxylic acids is 2. The van der Waals surface area contributed by atoms with Crippen LogP contribution in [0.4, 0.5) is 11.4 Å². The van der Waals surface area contributed by atoms with Gasteiger partial charge in [0.25, 0.3) is 0 Å². The molecule has 2 aromatic rings. The average molecular weight is 308 g/mol. The lowest BCUT2D eigenvalue weighted by molar-refractivity contribution is -0.118. The molecule has 4 heteroatoms. The number of carbonyl (C=O) groups is 2. The van der Waals surface area contributed by atoms with Gasteiger partial charge in [0.05, 0.1) is 12.3 Å². The molecule has 0 bridgehead atoms. The Morgan fingerprint density at radius 1 is 1.17 bits per heavy atom. The summed E-state index contributed by atoms with van der Waals surface area (Å²) in [4.78, 5) is 24.2. The molecular weight excluding hydrogens is 288 g/mol. The number of fused-ring (bicyclic) bond motifs is 1. The summed E-state index contributed by atoms with van der Waals surface area (Å²) in [6, 6.07) is 15.2. The van der Waals surface area contributed by atoms with Crippen molar-refractivity contribution in [2.75, 3.05) is 10.6 Å². The Labute approximate surface area is 135 Å². The summed E-state index contributed by atoms with van der Waals surface area (Å²) >= 11 is 0. The maximum Gasteiger partial charge on any atom is 0.232 e. The third kappa shape index (κ3) is 3.26. The summed E-state index contributed by atoms with van der Waals surface area (Å²) in [5.74, 6) is 0.0276. The molecule has 2 amide bonds. The normalized spacial score (nSPS) is 16.1. The van der Waals surface area contributed by atoms with E-state index in [-0.39, 0.29) is 23.7 Å². The first-order chi connectivity index (χ1) is 11.0. The lowest BCUT2D eigenvalue weighted by Crippen LogP contribution is -2.17. The van der Waals surface area contributed by atoms with Crippen LogP contribution in [0.3, 0.4) is 0 Å². The number of benzene rings is 2. The average Bonchev–Trinajstić information content (AvgIpc) is 2.83. The highest BCUT2D eigenvalue weighted by atomic mass is 16.2. The first kappa shape index (κ1) is 15.3. The standard InChI is InChI=1S/C19H20N2O2/c1-12(2)18-15-11-14(8-9-16(15)21-19(18)23)20-17(22)10-13-6-4-3-5-7-13/h3-9,11-12,18H,10H2,1-2H3,(H,20,22)(H,21,23). The minimum Gasteiger partial charge on any atom is -0.326 e. The predicted molar refractivity (Wildman–Crippen MR) is 91.4 cm³/mol. The highest BCUT2D eigenvalue weighted by molar-refractivity contribution is 6.04. The van der Waals surface area contributed by atoms with E-state index in [4.69, 9.17) is 0 Å². The highest BCUT2D eigenvalue weighted by Gasteiger charge is 2.32. The maximum absolute atomic E-state index is 12.2. The van der Waals surface area contributed by atoms with E-state index in [0.29, 0.717) is 6.42 Å². The molecule has 1 aliphatic heterocycles. The highest BCUT2D eigenvalue weighted by Crippen LogP contribution is 2.38. The molecule has 0 saturated heterocycles. The van der Waals surface area contributed by atoms with Crippen LogP contribution in [0.1, 0.15) is 30.9 Å². The molecule has 0 spiro atoms. The van der Waals surface area contributed by atoms with Gasteiger partial charge in [0.15, 0.2) is 0 Å². The van der Waals surface area contributed by atoms with E-state index in [0.717, 1.165) is 22.5 Å². The number of hydrogen-bond donors (Lipinski definition) is 2. The van der Waals surface area contributed by atoms with Crippen molar-refractivity contribution in [1.29, 1.82) is 0 Å². The van der Waals surface area contributed by atoms with Crippen molar-refractivity contribution in [2.24, 2.45) is 5.92 Å². The number of rotatable bonds is 4. The molecule has 0 saturated carbocycles. The van der Waals surface area contributed by atoms with Crippen molar-refractivity contribution in [1.82, 2.24) is 0 Å². The molecule has 0 fully saturated rings. The summed E-state index contributed by atoms with van der Waals surface area (Å²) in [6.45, 7) is 4.06. The van der Waals surface area contributed by atoms with Crippen LogP contribution in [0.5, 0.6) is 0 Å². The largest absolute Gasteiger partial charge is 0.326 e. The van der Waals surface area contributed by atoms with Crippen molar-refractivity contribution >= 4 is 23.2 Å². The zero-order valence-corrected chi connectivity index (χ0v) is 13.3. The Morgan fingerprint density at radius 2 is 1.91 bits per heavy atom.